The Balaban J connectivity index is 0.000000272. The van der Waals surface area contributed by atoms with Crippen molar-refractivity contribution in [3.63, 3.8) is 0 Å². The minimum atomic E-state index is 1.12. The van der Waals surface area contributed by atoms with Crippen molar-refractivity contribution >= 4 is 0 Å². The van der Waals surface area contributed by atoms with E-state index in [-0.39, 0.29) is 0 Å². The largest absolute Gasteiger partial charge is 0.0683 e. The predicted octanol–water partition coefficient (Wildman–Crippen LogP) is 6.34. The molecule has 0 aromatic heterocycles. The summed E-state index contributed by atoms with van der Waals surface area (Å²) >= 11 is 0. The van der Waals surface area contributed by atoms with Crippen LogP contribution in [-0.4, -0.2) is 0 Å². The summed E-state index contributed by atoms with van der Waals surface area (Å²) in [5.41, 5.74) is 0. The topological polar surface area (TPSA) is 0 Å². The summed E-state index contributed by atoms with van der Waals surface area (Å²) < 4.78 is 0. The van der Waals surface area contributed by atoms with Gasteiger partial charge in [0.05, 0.1) is 0 Å². The molecule has 0 bridgehead atoms. The van der Waals surface area contributed by atoms with E-state index >= 15 is 0 Å². The van der Waals surface area contributed by atoms with Gasteiger partial charge in [-0.25, -0.2) is 0 Å². The molecular formula is C16H34. The van der Waals surface area contributed by atoms with E-state index in [1.807, 2.05) is 13.8 Å². The van der Waals surface area contributed by atoms with Crippen LogP contribution in [-0.2, 0) is 0 Å². The van der Waals surface area contributed by atoms with E-state index in [0.717, 1.165) is 5.92 Å². The third-order valence-corrected chi connectivity index (χ3v) is 3.69. The summed E-state index contributed by atoms with van der Waals surface area (Å²) in [4.78, 5) is 0. The van der Waals surface area contributed by atoms with E-state index in [0.29, 0.717) is 0 Å². The fourth-order valence-electron chi connectivity index (χ4n) is 2.68. The highest BCUT2D eigenvalue weighted by molar-refractivity contribution is 4.66. The van der Waals surface area contributed by atoms with Crippen LogP contribution >= 0.6 is 0 Å². The molecule has 2 aliphatic carbocycles. The van der Waals surface area contributed by atoms with Gasteiger partial charge in [0.1, 0.15) is 0 Å². The van der Waals surface area contributed by atoms with Gasteiger partial charge in [-0.05, 0) is 5.92 Å². The molecular weight excluding hydrogens is 192 g/mol. The Morgan fingerprint density at radius 1 is 0.750 bits per heavy atom. The summed E-state index contributed by atoms with van der Waals surface area (Å²) in [6, 6.07) is 0. The Bertz CT molecular complexity index is 99.6. The maximum absolute atomic E-state index is 2.29. The zero-order chi connectivity index (χ0) is 12.1. The average molecular weight is 226 g/mol. The molecule has 2 rings (SSSR count). The van der Waals surface area contributed by atoms with E-state index in [1.165, 1.54) is 77.0 Å². The molecule has 0 unspecified atom stereocenters. The quantitative estimate of drug-likeness (QED) is 0.526. The lowest BCUT2D eigenvalue weighted by atomic mass is 10.0. The second-order valence-corrected chi connectivity index (χ2v) is 5.06. The molecule has 0 heterocycles. The molecule has 0 aliphatic heterocycles. The number of rotatable bonds is 3. The maximum atomic E-state index is 2.29. The Morgan fingerprint density at radius 2 is 1.19 bits per heavy atom. The first kappa shape index (κ1) is 16.0. The molecule has 0 atom stereocenters. The third-order valence-electron chi connectivity index (χ3n) is 3.69. The van der Waals surface area contributed by atoms with Gasteiger partial charge in [-0.3, -0.25) is 0 Å². The van der Waals surface area contributed by atoms with Gasteiger partial charge in [0.15, 0.2) is 0 Å². The van der Waals surface area contributed by atoms with Crippen molar-refractivity contribution in [2.45, 2.75) is 97.8 Å². The van der Waals surface area contributed by atoms with Gasteiger partial charge in [-0.15, -0.1) is 0 Å². The van der Waals surface area contributed by atoms with Crippen LogP contribution in [0.25, 0.3) is 0 Å². The first-order valence-corrected chi connectivity index (χ1v) is 7.93. The Labute approximate surface area is 104 Å². The Morgan fingerprint density at radius 3 is 1.56 bits per heavy atom. The second-order valence-electron chi connectivity index (χ2n) is 5.06. The summed E-state index contributed by atoms with van der Waals surface area (Å²) in [6.07, 6.45) is 17.9. The molecule has 0 heteroatoms. The molecule has 0 N–H and O–H groups in total. The van der Waals surface area contributed by atoms with Crippen molar-refractivity contribution in [2.24, 2.45) is 5.92 Å². The van der Waals surface area contributed by atoms with Gasteiger partial charge in [0.2, 0.25) is 0 Å². The highest BCUT2D eigenvalue weighted by Gasteiger charge is 2.13. The molecule has 16 heavy (non-hydrogen) atoms. The molecule has 98 valence electrons. The van der Waals surface area contributed by atoms with Crippen LogP contribution in [0.1, 0.15) is 97.8 Å². The van der Waals surface area contributed by atoms with Gasteiger partial charge >= 0.3 is 0 Å². The van der Waals surface area contributed by atoms with E-state index in [1.54, 1.807) is 0 Å². The van der Waals surface area contributed by atoms with E-state index in [9.17, 15) is 0 Å². The van der Waals surface area contributed by atoms with E-state index in [4.69, 9.17) is 0 Å². The number of hydrogen-bond donors (Lipinski definition) is 0. The van der Waals surface area contributed by atoms with Crippen LogP contribution in [0.15, 0.2) is 0 Å². The van der Waals surface area contributed by atoms with Crippen LogP contribution in [0.2, 0.25) is 0 Å². The van der Waals surface area contributed by atoms with E-state index < -0.39 is 0 Å². The van der Waals surface area contributed by atoms with Gasteiger partial charge in [-0.1, -0.05) is 97.8 Å². The molecule has 2 saturated carbocycles. The van der Waals surface area contributed by atoms with Crippen molar-refractivity contribution in [2.75, 3.05) is 0 Å². The number of unbranched alkanes of at least 4 members (excludes halogenated alkanes) is 1. The van der Waals surface area contributed by atoms with Crippen LogP contribution in [0, 0.1) is 5.92 Å². The van der Waals surface area contributed by atoms with E-state index in [2.05, 4.69) is 6.92 Å². The minimum absolute atomic E-state index is 1.12. The van der Waals surface area contributed by atoms with Crippen molar-refractivity contribution in [1.82, 2.24) is 0 Å². The Hall–Kier alpha value is 0. The van der Waals surface area contributed by atoms with Gasteiger partial charge in [-0.2, -0.15) is 0 Å². The average Bonchev–Trinajstić information content (AvgIpc) is 3.04. The van der Waals surface area contributed by atoms with Crippen LogP contribution in [0.3, 0.4) is 0 Å². The van der Waals surface area contributed by atoms with Gasteiger partial charge in [0.25, 0.3) is 0 Å². The van der Waals surface area contributed by atoms with Crippen molar-refractivity contribution in [3.8, 4) is 0 Å². The molecule has 0 radical (unpaired) electrons. The number of hydrogen-bond acceptors (Lipinski definition) is 0. The fraction of sp³-hybridized carbons (Fsp3) is 1.00. The molecule has 0 aromatic carbocycles. The highest BCUT2D eigenvalue weighted by atomic mass is 14.2. The molecule has 2 fully saturated rings. The third kappa shape index (κ3) is 9.24. The first-order valence-electron chi connectivity index (χ1n) is 7.93. The molecule has 0 amide bonds. The van der Waals surface area contributed by atoms with Gasteiger partial charge < -0.3 is 0 Å². The first-order chi connectivity index (χ1) is 7.93. The van der Waals surface area contributed by atoms with Crippen LogP contribution < -0.4 is 0 Å². The predicted molar refractivity (Wildman–Crippen MR) is 75.9 cm³/mol. The summed E-state index contributed by atoms with van der Waals surface area (Å²) in [5.74, 6) is 1.12. The lowest BCUT2D eigenvalue weighted by molar-refractivity contribution is 0.480. The molecule has 0 nitrogen and oxygen atoms in total. The fourth-order valence-corrected chi connectivity index (χ4v) is 2.68. The minimum Gasteiger partial charge on any atom is -0.0683 e. The van der Waals surface area contributed by atoms with Crippen molar-refractivity contribution < 1.29 is 0 Å². The lowest BCUT2D eigenvalue weighted by Crippen LogP contribution is -1.91. The molecule has 0 spiro atoms. The summed E-state index contributed by atoms with van der Waals surface area (Å²) in [7, 11) is 0. The standard InChI is InChI=1S/C9H18.C5H10.C2H6/c1-2-3-6-9-7-4-5-8-9;1-2-4-5-3-1;1-2/h9H,2-8H2,1H3;1-5H2;1-2H3. The summed E-state index contributed by atoms with van der Waals surface area (Å²) in [5, 5.41) is 0. The second kappa shape index (κ2) is 13.1. The van der Waals surface area contributed by atoms with Crippen molar-refractivity contribution in [3.05, 3.63) is 0 Å². The Kier molecular flexibility index (Phi) is 13.1. The normalized spacial score (nSPS) is 19.7. The molecule has 0 saturated heterocycles. The lowest BCUT2D eigenvalue weighted by Gasteiger charge is -2.05. The van der Waals surface area contributed by atoms with Gasteiger partial charge in [0, 0.05) is 0 Å². The highest BCUT2D eigenvalue weighted by Crippen LogP contribution is 2.28. The van der Waals surface area contributed by atoms with Crippen LogP contribution in [0.4, 0.5) is 0 Å². The molecule has 2 aliphatic rings. The van der Waals surface area contributed by atoms with Crippen LogP contribution in [0.5, 0.6) is 0 Å². The SMILES string of the molecule is C1CCCC1.CC.CCCCC1CCCC1. The van der Waals surface area contributed by atoms with Crippen molar-refractivity contribution in [1.29, 1.82) is 0 Å². The zero-order valence-electron chi connectivity index (χ0n) is 12.1. The zero-order valence-corrected chi connectivity index (χ0v) is 12.1. The maximum Gasteiger partial charge on any atom is -0.0414 e. The summed E-state index contributed by atoms with van der Waals surface area (Å²) in [6.45, 7) is 6.29. The smallest absolute Gasteiger partial charge is 0.0414 e. The monoisotopic (exact) mass is 226 g/mol. The molecule has 0 aromatic rings.